The van der Waals surface area contributed by atoms with E-state index >= 15 is 0 Å². The Morgan fingerprint density at radius 2 is 2.07 bits per heavy atom. The van der Waals surface area contributed by atoms with E-state index in [2.05, 4.69) is 36.5 Å². The van der Waals surface area contributed by atoms with Crippen LogP contribution in [0.1, 0.15) is 27.2 Å². The van der Waals surface area contributed by atoms with E-state index in [1.807, 2.05) is 35.9 Å². The number of aryl methyl sites for hydroxylation is 2. The summed E-state index contributed by atoms with van der Waals surface area (Å²) in [5.41, 5.74) is 4.97. The van der Waals surface area contributed by atoms with Crippen molar-refractivity contribution < 1.29 is 9.21 Å². The number of nitrogens with one attached hydrogen (secondary N) is 1. The van der Waals surface area contributed by atoms with Crippen LogP contribution in [0.2, 0.25) is 0 Å². The fourth-order valence-electron chi connectivity index (χ4n) is 3.07. The normalized spacial score (nSPS) is 11.1. The summed E-state index contributed by atoms with van der Waals surface area (Å²) in [4.78, 5) is 17.2. The zero-order chi connectivity index (χ0) is 19.5. The fraction of sp³-hybridized carbons (Fsp3) is 0.182. The first-order valence-electron chi connectivity index (χ1n) is 9.05. The lowest BCUT2D eigenvalue weighted by atomic mass is 10.2. The minimum Gasteiger partial charge on any atom is -0.467 e. The minimum absolute atomic E-state index is 0.131. The van der Waals surface area contributed by atoms with Crippen molar-refractivity contribution in [1.82, 2.24) is 14.9 Å². The van der Waals surface area contributed by atoms with Crippen LogP contribution in [0, 0.1) is 6.92 Å². The zero-order valence-electron chi connectivity index (χ0n) is 15.8. The van der Waals surface area contributed by atoms with Crippen molar-refractivity contribution in [3.63, 3.8) is 0 Å². The SMILES string of the molecule is Cc1cccc(CSc2nc3ccc(C(=O)NCc4ccco4)cc3n2C)c1. The van der Waals surface area contributed by atoms with Crippen LogP contribution in [0.5, 0.6) is 0 Å². The lowest BCUT2D eigenvalue weighted by Gasteiger charge is -2.05. The molecule has 0 saturated heterocycles. The Labute approximate surface area is 167 Å². The van der Waals surface area contributed by atoms with Crippen LogP contribution < -0.4 is 5.32 Å². The van der Waals surface area contributed by atoms with Crippen LogP contribution in [0.3, 0.4) is 0 Å². The molecule has 0 fully saturated rings. The second-order valence-corrected chi connectivity index (χ2v) is 7.64. The molecule has 0 unspecified atom stereocenters. The molecular weight excluding hydrogens is 370 g/mol. The molecule has 0 bridgehead atoms. The first-order valence-corrected chi connectivity index (χ1v) is 10.0. The Hall–Kier alpha value is -2.99. The Bertz CT molecular complexity index is 1120. The molecule has 0 aliphatic heterocycles. The first-order chi connectivity index (χ1) is 13.6. The molecule has 0 aliphatic rings. The third kappa shape index (κ3) is 3.97. The number of fused-ring (bicyclic) bond motifs is 1. The van der Waals surface area contributed by atoms with Crippen molar-refractivity contribution in [1.29, 1.82) is 0 Å². The second kappa shape index (κ2) is 7.94. The van der Waals surface area contributed by atoms with Gasteiger partial charge in [0.15, 0.2) is 5.16 Å². The predicted octanol–water partition coefficient (Wildman–Crippen LogP) is 4.70. The van der Waals surface area contributed by atoms with Gasteiger partial charge in [0.05, 0.1) is 23.8 Å². The summed E-state index contributed by atoms with van der Waals surface area (Å²) in [5.74, 6) is 1.45. The maximum Gasteiger partial charge on any atom is 0.251 e. The third-order valence-corrected chi connectivity index (χ3v) is 5.66. The van der Waals surface area contributed by atoms with Crippen LogP contribution in [-0.2, 0) is 19.3 Å². The molecule has 0 aliphatic carbocycles. The number of furan rings is 1. The Balaban J connectivity index is 1.49. The van der Waals surface area contributed by atoms with E-state index in [1.165, 1.54) is 11.1 Å². The molecule has 28 heavy (non-hydrogen) atoms. The van der Waals surface area contributed by atoms with Crippen LogP contribution in [0.4, 0.5) is 0 Å². The lowest BCUT2D eigenvalue weighted by Crippen LogP contribution is -2.22. The van der Waals surface area contributed by atoms with Crippen molar-refractivity contribution in [2.24, 2.45) is 7.05 Å². The van der Waals surface area contributed by atoms with E-state index in [0.717, 1.165) is 27.7 Å². The highest BCUT2D eigenvalue weighted by Gasteiger charge is 2.12. The standard InChI is InChI=1S/C22H21N3O2S/c1-15-5-3-6-16(11-15)14-28-22-24-19-9-8-17(12-20(19)25(22)2)21(26)23-13-18-7-4-10-27-18/h3-12H,13-14H2,1-2H3,(H,23,26). The van der Waals surface area contributed by atoms with Gasteiger partial charge in [-0.15, -0.1) is 0 Å². The monoisotopic (exact) mass is 391 g/mol. The number of amides is 1. The van der Waals surface area contributed by atoms with Gasteiger partial charge in [-0.3, -0.25) is 4.79 Å². The van der Waals surface area contributed by atoms with Gasteiger partial charge in [0, 0.05) is 18.4 Å². The first kappa shape index (κ1) is 18.4. The fourth-order valence-corrected chi connectivity index (χ4v) is 4.00. The topological polar surface area (TPSA) is 60.1 Å². The molecule has 0 spiro atoms. The van der Waals surface area contributed by atoms with E-state index in [4.69, 9.17) is 9.40 Å². The van der Waals surface area contributed by atoms with Gasteiger partial charge in [-0.25, -0.2) is 4.98 Å². The summed E-state index contributed by atoms with van der Waals surface area (Å²) in [6.45, 7) is 2.47. The number of aromatic nitrogens is 2. The average Bonchev–Trinajstić information content (AvgIpc) is 3.32. The molecular formula is C22H21N3O2S. The summed E-state index contributed by atoms with van der Waals surface area (Å²) in [6, 6.07) is 17.7. The maximum absolute atomic E-state index is 12.5. The van der Waals surface area contributed by atoms with Gasteiger partial charge >= 0.3 is 0 Å². The molecule has 2 aromatic carbocycles. The number of carbonyl (C=O) groups is 1. The third-order valence-electron chi connectivity index (χ3n) is 4.56. The van der Waals surface area contributed by atoms with Crippen LogP contribution in [0.15, 0.2) is 70.4 Å². The Morgan fingerprint density at radius 1 is 1.18 bits per heavy atom. The highest BCUT2D eigenvalue weighted by atomic mass is 32.2. The number of rotatable bonds is 6. The van der Waals surface area contributed by atoms with Crippen LogP contribution >= 0.6 is 11.8 Å². The molecule has 4 aromatic rings. The molecule has 2 heterocycles. The van der Waals surface area contributed by atoms with Gasteiger partial charge in [-0.2, -0.15) is 0 Å². The van der Waals surface area contributed by atoms with Crippen molar-refractivity contribution >= 4 is 28.7 Å². The minimum atomic E-state index is -0.131. The molecule has 1 amide bonds. The summed E-state index contributed by atoms with van der Waals surface area (Å²) < 4.78 is 7.29. The lowest BCUT2D eigenvalue weighted by molar-refractivity contribution is 0.0948. The van der Waals surface area contributed by atoms with E-state index in [0.29, 0.717) is 12.1 Å². The summed E-state index contributed by atoms with van der Waals surface area (Å²) in [7, 11) is 1.98. The van der Waals surface area contributed by atoms with E-state index in [-0.39, 0.29) is 5.91 Å². The molecule has 2 aromatic heterocycles. The highest BCUT2D eigenvalue weighted by Crippen LogP contribution is 2.26. The van der Waals surface area contributed by atoms with Crippen LogP contribution in [0.25, 0.3) is 11.0 Å². The average molecular weight is 391 g/mol. The number of hydrogen-bond donors (Lipinski definition) is 1. The van der Waals surface area contributed by atoms with Gasteiger partial charge in [-0.05, 0) is 42.8 Å². The van der Waals surface area contributed by atoms with Gasteiger partial charge < -0.3 is 14.3 Å². The zero-order valence-corrected chi connectivity index (χ0v) is 16.6. The van der Waals surface area contributed by atoms with E-state index in [9.17, 15) is 4.79 Å². The van der Waals surface area contributed by atoms with Gasteiger partial charge in [0.25, 0.3) is 5.91 Å². The quantitative estimate of drug-likeness (QED) is 0.484. The molecule has 6 heteroatoms. The molecule has 0 saturated carbocycles. The molecule has 1 N–H and O–H groups in total. The predicted molar refractivity (Wildman–Crippen MR) is 111 cm³/mol. The van der Waals surface area contributed by atoms with Crippen molar-refractivity contribution in [2.45, 2.75) is 24.4 Å². The van der Waals surface area contributed by atoms with E-state index < -0.39 is 0 Å². The van der Waals surface area contributed by atoms with Gasteiger partial charge in [0.1, 0.15) is 5.76 Å². The number of carbonyl (C=O) groups excluding carboxylic acids is 1. The Morgan fingerprint density at radius 3 is 2.86 bits per heavy atom. The molecule has 142 valence electrons. The molecule has 0 atom stereocenters. The van der Waals surface area contributed by atoms with Crippen molar-refractivity contribution in [3.05, 3.63) is 83.3 Å². The van der Waals surface area contributed by atoms with E-state index in [1.54, 1.807) is 24.1 Å². The van der Waals surface area contributed by atoms with Gasteiger partial charge in [-0.1, -0.05) is 41.6 Å². The number of nitrogens with zero attached hydrogens (tertiary/aromatic N) is 2. The van der Waals surface area contributed by atoms with Crippen molar-refractivity contribution in [2.75, 3.05) is 0 Å². The van der Waals surface area contributed by atoms with Gasteiger partial charge in [0.2, 0.25) is 0 Å². The number of benzene rings is 2. The van der Waals surface area contributed by atoms with Crippen molar-refractivity contribution in [3.8, 4) is 0 Å². The second-order valence-electron chi connectivity index (χ2n) is 6.70. The molecule has 5 nitrogen and oxygen atoms in total. The molecule has 0 radical (unpaired) electrons. The molecule has 4 rings (SSSR count). The van der Waals surface area contributed by atoms with Crippen LogP contribution in [-0.4, -0.2) is 15.5 Å². The summed E-state index contributed by atoms with van der Waals surface area (Å²) in [5, 5.41) is 3.81. The largest absolute Gasteiger partial charge is 0.467 e. The summed E-state index contributed by atoms with van der Waals surface area (Å²) in [6.07, 6.45) is 1.60. The highest BCUT2D eigenvalue weighted by molar-refractivity contribution is 7.98. The number of thioether (sulfide) groups is 1. The summed E-state index contributed by atoms with van der Waals surface area (Å²) >= 11 is 1.70. The number of hydrogen-bond acceptors (Lipinski definition) is 4. The Kier molecular flexibility index (Phi) is 5.21. The number of imidazole rings is 1. The maximum atomic E-state index is 12.5. The smallest absolute Gasteiger partial charge is 0.251 e.